The van der Waals surface area contributed by atoms with Crippen molar-refractivity contribution in [3.63, 3.8) is 0 Å². The van der Waals surface area contributed by atoms with Crippen molar-refractivity contribution in [2.24, 2.45) is 11.0 Å². The molecule has 1 fully saturated rings. The summed E-state index contributed by atoms with van der Waals surface area (Å²) in [6.45, 7) is 1.88. The Hall–Kier alpha value is -1.16. The van der Waals surface area contributed by atoms with Gasteiger partial charge < -0.3 is 0 Å². The second-order valence-corrected chi connectivity index (χ2v) is 4.87. The molecule has 0 aliphatic heterocycles. The van der Waals surface area contributed by atoms with Gasteiger partial charge >= 0.3 is 0 Å². The van der Waals surface area contributed by atoms with Crippen molar-refractivity contribution in [3.8, 4) is 0 Å². The highest BCUT2D eigenvalue weighted by Crippen LogP contribution is 2.28. The highest BCUT2D eigenvalue weighted by molar-refractivity contribution is 9.10. The van der Waals surface area contributed by atoms with Gasteiger partial charge in [-0.15, -0.1) is 0 Å². The van der Waals surface area contributed by atoms with Crippen molar-refractivity contribution in [2.45, 2.75) is 19.8 Å². The third-order valence-electron chi connectivity index (χ3n) is 2.52. The lowest BCUT2D eigenvalue weighted by molar-refractivity contribution is -0.122. The molecule has 0 saturated heterocycles. The molecule has 2 rings (SSSR count). The molecule has 84 valence electrons. The zero-order valence-electron chi connectivity index (χ0n) is 9.03. The van der Waals surface area contributed by atoms with Gasteiger partial charge in [-0.2, -0.15) is 5.10 Å². The van der Waals surface area contributed by atoms with Gasteiger partial charge in [-0.1, -0.05) is 28.1 Å². The first-order chi connectivity index (χ1) is 7.66. The minimum atomic E-state index is 0.0364. The predicted molar refractivity (Wildman–Crippen MR) is 67.2 cm³/mol. The Kier molecular flexibility index (Phi) is 3.39. The number of hydrogen-bond donors (Lipinski definition) is 1. The standard InChI is InChI=1S/C12H13BrN2O/c1-8(10-3-2-4-11(13)7-10)14-15-12(16)9-5-6-9/h2-4,7,9H,5-6H2,1H3,(H,15,16). The number of hydrogen-bond acceptors (Lipinski definition) is 2. The molecule has 4 heteroatoms. The van der Waals surface area contributed by atoms with Crippen LogP contribution >= 0.6 is 15.9 Å². The minimum absolute atomic E-state index is 0.0364. The van der Waals surface area contributed by atoms with Crippen molar-refractivity contribution >= 4 is 27.5 Å². The van der Waals surface area contributed by atoms with Gasteiger partial charge in [0.1, 0.15) is 0 Å². The van der Waals surface area contributed by atoms with Crippen molar-refractivity contribution < 1.29 is 4.79 Å². The summed E-state index contributed by atoms with van der Waals surface area (Å²) in [7, 11) is 0. The maximum Gasteiger partial charge on any atom is 0.243 e. The Morgan fingerprint density at radius 3 is 2.88 bits per heavy atom. The average molecular weight is 281 g/mol. The molecule has 1 aliphatic rings. The lowest BCUT2D eigenvalue weighted by Gasteiger charge is -2.02. The number of benzene rings is 1. The summed E-state index contributed by atoms with van der Waals surface area (Å²) < 4.78 is 1.01. The molecule has 16 heavy (non-hydrogen) atoms. The Balaban J connectivity index is 2.02. The summed E-state index contributed by atoms with van der Waals surface area (Å²) in [4.78, 5) is 11.4. The second kappa shape index (κ2) is 4.78. The van der Waals surface area contributed by atoms with E-state index in [-0.39, 0.29) is 11.8 Å². The maximum absolute atomic E-state index is 11.4. The fourth-order valence-corrected chi connectivity index (χ4v) is 1.75. The molecule has 0 bridgehead atoms. The summed E-state index contributed by atoms with van der Waals surface area (Å²) in [5, 5.41) is 4.09. The number of carbonyl (C=O) groups excluding carboxylic acids is 1. The largest absolute Gasteiger partial charge is 0.273 e. The first kappa shape index (κ1) is 11.3. The first-order valence-electron chi connectivity index (χ1n) is 5.27. The molecule has 0 atom stereocenters. The van der Waals surface area contributed by atoms with E-state index in [0.29, 0.717) is 0 Å². The first-order valence-corrected chi connectivity index (χ1v) is 6.06. The van der Waals surface area contributed by atoms with Gasteiger partial charge in [0.25, 0.3) is 0 Å². The van der Waals surface area contributed by atoms with Gasteiger partial charge in [0.05, 0.1) is 5.71 Å². The van der Waals surface area contributed by atoms with Crippen LogP contribution in [-0.4, -0.2) is 11.6 Å². The molecular weight excluding hydrogens is 268 g/mol. The zero-order chi connectivity index (χ0) is 11.5. The number of hydrazone groups is 1. The van der Waals surface area contributed by atoms with Crippen molar-refractivity contribution in [1.29, 1.82) is 0 Å². The molecule has 1 aliphatic carbocycles. The molecule has 0 radical (unpaired) electrons. The molecule has 1 aromatic carbocycles. The molecule has 3 nitrogen and oxygen atoms in total. The summed E-state index contributed by atoms with van der Waals surface area (Å²) >= 11 is 3.40. The normalized spacial score (nSPS) is 16.0. The summed E-state index contributed by atoms with van der Waals surface area (Å²) in [5.41, 5.74) is 4.42. The Morgan fingerprint density at radius 2 is 2.25 bits per heavy atom. The molecule has 0 spiro atoms. The Morgan fingerprint density at radius 1 is 1.50 bits per heavy atom. The molecule has 0 heterocycles. The summed E-state index contributed by atoms with van der Waals surface area (Å²) in [5.74, 6) is 0.230. The summed E-state index contributed by atoms with van der Waals surface area (Å²) in [6, 6.07) is 7.84. The predicted octanol–water partition coefficient (Wildman–Crippen LogP) is 2.70. The van der Waals surface area contributed by atoms with Crippen LogP contribution in [0.15, 0.2) is 33.8 Å². The topological polar surface area (TPSA) is 41.5 Å². The van der Waals surface area contributed by atoms with Crippen LogP contribution in [0.1, 0.15) is 25.3 Å². The van der Waals surface area contributed by atoms with Gasteiger partial charge in [0, 0.05) is 10.4 Å². The van der Waals surface area contributed by atoms with Gasteiger partial charge in [-0.05, 0) is 37.5 Å². The van der Waals surface area contributed by atoms with E-state index < -0.39 is 0 Å². The van der Waals surface area contributed by atoms with Crippen molar-refractivity contribution in [1.82, 2.24) is 5.43 Å². The van der Waals surface area contributed by atoms with E-state index in [1.807, 2.05) is 31.2 Å². The molecular formula is C12H13BrN2O. The number of nitrogens with zero attached hydrogens (tertiary/aromatic N) is 1. The highest BCUT2D eigenvalue weighted by Gasteiger charge is 2.29. The SMILES string of the molecule is CC(=NNC(=O)C1CC1)c1cccc(Br)c1. The molecule has 0 aromatic heterocycles. The van der Waals surface area contributed by atoms with Crippen LogP contribution in [0.4, 0.5) is 0 Å². The van der Waals surface area contributed by atoms with Gasteiger partial charge in [-0.3, -0.25) is 4.79 Å². The van der Waals surface area contributed by atoms with Crippen LogP contribution in [0.5, 0.6) is 0 Å². The van der Waals surface area contributed by atoms with Crippen LogP contribution in [0.25, 0.3) is 0 Å². The average Bonchev–Trinajstić information content (AvgIpc) is 3.09. The quantitative estimate of drug-likeness (QED) is 0.671. The fraction of sp³-hybridized carbons (Fsp3) is 0.333. The van der Waals surface area contributed by atoms with Crippen LogP contribution in [-0.2, 0) is 4.79 Å². The Labute approximate surface area is 103 Å². The van der Waals surface area contributed by atoms with Gasteiger partial charge in [0.15, 0.2) is 0 Å². The molecule has 1 N–H and O–H groups in total. The lowest BCUT2D eigenvalue weighted by Crippen LogP contribution is -2.20. The smallest absolute Gasteiger partial charge is 0.243 e. The van der Waals surface area contributed by atoms with Crippen LogP contribution < -0.4 is 5.43 Å². The van der Waals surface area contributed by atoms with Crippen molar-refractivity contribution in [2.75, 3.05) is 0 Å². The molecule has 1 aromatic rings. The van der Waals surface area contributed by atoms with E-state index in [1.165, 1.54) is 0 Å². The fourth-order valence-electron chi connectivity index (χ4n) is 1.35. The number of halogens is 1. The molecule has 0 unspecified atom stereocenters. The number of carbonyl (C=O) groups is 1. The second-order valence-electron chi connectivity index (χ2n) is 3.96. The Bertz CT molecular complexity index is 438. The monoisotopic (exact) mass is 280 g/mol. The third kappa shape index (κ3) is 2.92. The van der Waals surface area contributed by atoms with E-state index in [9.17, 15) is 4.79 Å². The summed E-state index contributed by atoms with van der Waals surface area (Å²) in [6.07, 6.45) is 1.99. The third-order valence-corrected chi connectivity index (χ3v) is 3.02. The number of rotatable bonds is 3. The lowest BCUT2D eigenvalue weighted by atomic mass is 10.1. The van der Waals surface area contributed by atoms with Crippen LogP contribution in [0.2, 0.25) is 0 Å². The van der Waals surface area contributed by atoms with Crippen LogP contribution in [0.3, 0.4) is 0 Å². The van der Waals surface area contributed by atoms with E-state index in [1.54, 1.807) is 0 Å². The van der Waals surface area contributed by atoms with E-state index in [2.05, 4.69) is 26.5 Å². The van der Waals surface area contributed by atoms with E-state index >= 15 is 0 Å². The van der Waals surface area contributed by atoms with Gasteiger partial charge in [0.2, 0.25) is 5.91 Å². The van der Waals surface area contributed by atoms with Crippen LogP contribution in [0, 0.1) is 5.92 Å². The highest BCUT2D eigenvalue weighted by atomic mass is 79.9. The van der Waals surface area contributed by atoms with E-state index in [4.69, 9.17) is 0 Å². The molecule has 1 saturated carbocycles. The zero-order valence-corrected chi connectivity index (χ0v) is 10.6. The van der Waals surface area contributed by atoms with Gasteiger partial charge in [-0.25, -0.2) is 5.43 Å². The maximum atomic E-state index is 11.4. The number of nitrogens with one attached hydrogen (secondary N) is 1. The van der Waals surface area contributed by atoms with Crippen molar-refractivity contribution in [3.05, 3.63) is 34.3 Å². The number of amides is 1. The minimum Gasteiger partial charge on any atom is -0.273 e. The molecule has 1 amide bonds. The van der Waals surface area contributed by atoms with E-state index in [0.717, 1.165) is 28.6 Å².